The monoisotopic (exact) mass is 235 g/mol. The summed E-state index contributed by atoms with van der Waals surface area (Å²) in [7, 11) is 0. The van der Waals surface area contributed by atoms with Gasteiger partial charge in [-0.25, -0.2) is 0 Å². The first-order valence-electron chi connectivity index (χ1n) is 4.53. The minimum atomic E-state index is -0.0770. The first-order chi connectivity index (χ1) is 5.61. The SMILES string of the molecule is CCC(CC)CNC(=O)[C@H](C)Br. The third-order valence-electron chi connectivity index (χ3n) is 2.08. The molecule has 3 heteroatoms. The fourth-order valence-electron chi connectivity index (χ4n) is 0.963. The number of amides is 1. The molecule has 1 amide bonds. The molecule has 12 heavy (non-hydrogen) atoms. The first-order valence-corrected chi connectivity index (χ1v) is 5.45. The van der Waals surface area contributed by atoms with E-state index in [-0.39, 0.29) is 10.7 Å². The Kier molecular flexibility index (Phi) is 6.44. The van der Waals surface area contributed by atoms with Crippen molar-refractivity contribution in [2.24, 2.45) is 5.92 Å². The van der Waals surface area contributed by atoms with Crippen LogP contribution in [-0.4, -0.2) is 17.3 Å². The lowest BCUT2D eigenvalue weighted by Gasteiger charge is -2.13. The summed E-state index contributed by atoms with van der Waals surface area (Å²) in [6.45, 7) is 6.94. The van der Waals surface area contributed by atoms with Crippen LogP contribution in [0.5, 0.6) is 0 Å². The van der Waals surface area contributed by atoms with E-state index in [0.29, 0.717) is 5.92 Å². The molecule has 0 aromatic rings. The van der Waals surface area contributed by atoms with E-state index in [9.17, 15) is 4.79 Å². The zero-order valence-electron chi connectivity index (χ0n) is 8.06. The van der Waals surface area contributed by atoms with Crippen molar-refractivity contribution >= 4 is 21.8 Å². The average Bonchev–Trinajstić information content (AvgIpc) is 2.05. The molecule has 72 valence electrons. The lowest BCUT2D eigenvalue weighted by molar-refractivity contribution is -0.120. The highest BCUT2D eigenvalue weighted by Crippen LogP contribution is 2.05. The molecule has 0 heterocycles. The molecule has 0 rings (SSSR count). The van der Waals surface area contributed by atoms with E-state index < -0.39 is 0 Å². The van der Waals surface area contributed by atoms with E-state index in [1.165, 1.54) is 0 Å². The Morgan fingerprint density at radius 3 is 2.25 bits per heavy atom. The van der Waals surface area contributed by atoms with E-state index in [2.05, 4.69) is 35.1 Å². The Morgan fingerprint density at radius 1 is 1.42 bits per heavy atom. The molecule has 0 aromatic carbocycles. The van der Waals surface area contributed by atoms with Crippen LogP contribution in [0.4, 0.5) is 0 Å². The van der Waals surface area contributed by atoms with E-state index in [1.54, 1.807) is 0 Å². The van der Waals surface area contributed by atoms with Crippen molar-refractivity contribution in [1.82, 2.24) is 5.32 Å². The number of carbonyl (C=O) groups excluding carboxylic acids is 1. The van der Waals surface area contributed by atoms with Crippen molar-refractivity contribution < 1.29 is 4.79 Å². The number of hydrogen-bond donors (Lipinski definition) is 1. The summed E-state index contributed by atoms with van der Waals surface area (Å²) in [5.41, 5.74) is 0. The number of hydrogen-bond acceptors (Lipinski definition) is 1. The van der Waals surface area contributed by atoms with Crippen LogP contribution >= 0.6 is 15.9 Å². The summed E-state index contributed by atoms with van der Waals surface area (Å²) in [6, 6.07) is 0. The quantitative estimate of drug-likeness (QED) is 0.729. The minimum Gasteiger partial charge on any atom is -0.355 e. The second kappa shape index (κ2) is 6.46. The maximum Gasteiger partial charge on any atom is 0.233 e. The van der Waals surface area contributed by atoms with Crippen LogP contribution < -0.4 is 5.32 Å². The van der Waals surface area contributed by atoms with Crippen LogP contribution in [0.25, 0.3) is 0 Å². The van der Waals surface area contributed by atoms with Gasteiger partial charge < -0.3 is 5.32 Å². The first kappa shape index (κ1) is 11.9. The van der Waals surface area contributed by atoms with Gasteiger partial charge in [-0.2, -0.15) is 0 Å². The molecule has 1 atom stereocenters. The molecule has 2 nitrogen and oxygen atoms in total. The van der Waals surface area contributed by atoms with Crippen LogP contribution in [0.2, 0.25) is 0 Å². The Labute approximate surface area is 83.2 Å². The fraction of sp³-hybridized carbons (Fsp3) is 0.889. The van der Waals surface area contributed by atoms with Gasteiger partial charge in [0.1, 0.15) is 0 Å². The maximum absolute atomic E-state index is 11.1. The summed E-state index contributed by atoms with van der Waals surface area (Å²) < 4.78 is 0. The van der Waals surface area contributed by atoms with Crippen LogP contribution in [0.15, 0.2) is 0 Å². The Bertz CT molecular complexity index is 132. The van der Waals surface area contributed by atoms with Gasteiger partial charge in [-0.05, 0) is 12.8 Å². The normalized spacial score (nSPS) is 13.1. The highest BCUT2D eigenvalue weighted by atomic mass is 79.9. The minimum absolute atomic E-state index is 0.0770. The molecule has 0 spiro atoms. The van der Waals surface area contributed by atoms with Gasteiger partial charge in [-0.1, -0.05) is 42.6 Å². The molecule has 1 N–H and O–H groups in total. The van der Waals surface area contributed by atoms with Crippen molar-refractivity contribution in [3.8, 4) is 0 Å². The zero-order valence-corrected chi connectivity index (χ0v) is 9.65. The molecule has 0 bridgehead atoms. The van der Waals surface area contributed by atoms with Gasteiger partial charge in [0.2, 0.25) is 5.91 Å². The Balaban J connectivity index is 3.59. The Morgan fingerprint density at radius 2 is 1.92 bits per heavy atom. The standard InChI is InChI=1S/C9H18BrNO/c1-4-8(5-2)6-11-9(12)7(3)10/h7-8H,4-6H2,1-3H3,(H,11,12)/t7-/m0/s1. The summed E-state index contributed by atoms with van der Waals surface area (Å²) in [6.07, 6.45) is 2.26. The molecular weight excluding hydrogens is 218 g/mol. The summed E-state index contributed by atoms with van der Waals surface area (Å²) in [4.78, 5) is 11.0. The van der Waals surface area contributed by atoms with Gasteiger partial charge >= 0.3 is 0 Å². The second-order valence-electron chi connectivity index (χ2n) is 3.04. The van der Waals surface area contributed by atoms with Crippen molar-refractivity contribution in [1.29, 1.82) is 0 Å². The van der Waals surface area contributed by atoms with Crippen molar-refractivity contribution in [2.75, 3.05) is 6.54 Å². The molecule has 0 radical (unpaired) electrons. The average molecular weight is 236 g/mol. The van der Waals surface area contributed by atoms with Crippen molar-refractivity contribution in [2.45, 2.75) is 38.4 Å². The van der Waals surface area contributed by atoms with Crippen LogP contribution in [0.1, 0.15) is 33.6 Å². The molecular formula is C9H18BrNO. The third kappa shape index (κ3) is 4.75. The third-order valence-corrected chi connectivity index (χ3v) is 2.50. The predicted octanol–water partition coefficient (Wildman–Crippen LogP) is 2.32. The summed E-state index contributed by atoms with van der Waals surface area (Å²) in [5, 5.41) is 2.90. The van der Waals surface area contributed by atoms with Gasteiger partial charge in [0.15, 0.2) is 0 Å². The van der Waals surface area contributed by atoms with Gasteiger partial charge in [0.25, 0.3) is 0 Å². The van der Waals surface area contributed by atoms with Crippen LogP contribution in [0.3, 0.4) is 0 Å². The molecule has 0 aromatic heterocycles. The van der Waals surface area contributed by atoms with E-state index in [0.717, 1.165) is 19.4 Å². The molecule has 0 saturated carbocycles. The number of nitrogens with one attached hydrogen (secondary N) is 1. The van der Waals surface area contributed by atoms with Crippen LogP contribution in [0, 0.1) is 5.92 Å². The molecule has 0 aliphatic rings. The largest absolute Gasteiger partial charge is 0.355 e. The smallest absolute Gasteiger partial charge is 0.233 e. The number of carbonyl (C=O) groups is 1. The van der Waals surface area contributed by atoms with Crippen molar-refractivity contribution in [3.05, 3.63) is 0 Å². The molecule has 0 aliphatic heterocycles. The van der Waals surface area contributed by atoms with Crippen LogP contribution in [-0.2, 0) is 4.79 Å². The van der Waals surface area contributed by atoms with Gasteiger partial charge in [0, 0.05) is 6.54 Å². The molecule has 0 unspecified atom stereocenters. The maximum atomic E-state index is 11.1. The predicted molar refractivity (Wildman–Crippen MR) is 55.5 cm³/mol. The number of halogens is 1. The summed E-state index contributed by atoms with van der Waals surface area (Å²) in [5.74, 6) is 0.710. The number of rotatable bonds is 5. The molecule has 0 fully saturated rings. The zero-order chi connectivity index (χ0) is 9.56. The van der Waals surface area contributed by atoms with E-state index in [4.69, 9.17) is 0 Å². The van der Waals surface area contributed by atoms with E-state index >= 15 is 0 Å². The lowest BCUT2D eigenvalue weighted by Crippen LogP contribution is -2.33. The van der Waals surface area contributed by atoms with Gasteiger partial charge in [0.05, 0.1) is 4.83 Å². The van der Waals surface area contributed by atoms with Gasteiger partial charge in [-0.15, -0.1) is 0 Å². The lowest BCUT2D eigenvalue weighted by atomic mass is 10.0. The summed E-state index contributed by atoms with van der Waals surface area (Å²) >= 11 is 3.22. The highest BCUT2D eigenvalue weighted by molar-refractivity contribution is 9.10. The van der Waals surface area contributed by atoms with E-state index in [1.807, 2.05) is 6.92 Å². The van der Waals surface area contributed by atoms with Crippen molar-refractivity contribution in [3.63, 3.8) is 0 Å². The topological polar surface area (TPSA) is 29.1 Å². The molecule has 0 aliphatic carbocycles. The van der Waals surface area contributed by atoms with Gasteiger partial charge in [-0.3, -0.25) is 4.79 Å². The number of alkyl halides is 1. The second-order valence-corrected chi connectivity index (χ2v) is 4.42. The highest BCUT2D eigenvalue weighted by Gasteiger charge is 2.09. The Hall–Kier alpha value is -0.0500. The fourth-order valence-corrected chi connectivity index (χ4v) is 1.12. The molecule has 0 saturated heterocycles.